The maximum atomic E-state index is 11.5. The SMILES string of the molecule is CN(C)CCNc1c(C(=O)O)cnc2ccc(N(C)C)cc12. The summed E-state index contributed by atoms with van der Waals surface area (Å²) in [6, 6.07) is 5.85. The minimum Gasteiger partial charge on any atom is -0.478 e. The first-order chi connectivity index (χ1) is 10.4. The highest BCUT2D eigenvalue weighted by molar-refractivity contribution is 6.05. The number of benzene rings is 1. The Labute approximate surface area is 130 Å². The van der Waals surface area contributed by atoms with Gasteiger partial charge in [0.1, 0.15) is 5.56 Å². The summed E-state index contributed by atoms with van der Waals surface area (Å²) in [4.78, 5) is 19.8. The topological polar surface area (TPSA) is 68.7 Å². The lowest BCUT2D eigenvalue weighted by Gasteiger charge is -2.17. The van der Waals surface area contributed by atoms with Crippen LogP contribution in [0, 0.1) is 0 Å². The van der Waals surface area contributed by atoms with Gasteiger partial charge in [-0.1, -0.05) is 0 Å². The van der Waals surface area contributed by atoms with E-state index in [1.807, 2.05) is 56.2 Å². The van der Waals surface area contributed by atoms with Gasteiger partial charge in [0.15, 0.2) is 0 Å². The average Bonchev–Trinajstić information content (AvgIpc) is 2.45. The summed E-state index contributed by atoms with van der Waals surface area (Å²) >= 11 is 0. The number of nitrogens with one attached hydrogen (secondary N) is 1. The summed E-state index contributed by atoms with van der Waals surface area (Å²) in [6.45, 7) is 1.48. The molecule has 0 fully saturated rings. The van der Waals surface area contributed by atoms with Gasteiger partial charge in [0.25, 0.3) is 0 Å². The molecule has 0 saturated carbocycles. The Bertz CT molecular complexity index is 683. The second-order valence-corrected chi connectivity index (χ2v) is 5.68. The number of aromatic carboxylic acids is 1. The third kappa shape index (κ3) is 3.46. The van der Waals surface area contributed by atoms with Crippen LogP contribution in [-0.2, 0) is 0 Å². The summed E-state index contributed by atoms with van der Waals surface area (Å²) in [7, 11) is 7.87. The van der Waals surface area contributed by atoms with Crippen molar-refractivity contribution in [3.63, 3.8) is 0 Å². The van der Waals surface area contributed by atoms with Crippen molar-refractivity contribution in [1.82, 2.24) is 9.88 Å². The van der Waals surface area contributed by atoms with Crippen LogP contribution in [0.1, 0.15) is 10.4 Å². The van der Waals surface area contributed by atoms with Crippen LogP contribution in [0.3, 0.4) is 0 Å². The van der Waals surface area contributed by atoms with Gasteiger partial charge in [0.05, 0.1) is 11.2 Å². The first-order valence-electron chi connectivity index (χ1n) is 7.12. The first kappa shape index (κ1) is 16.0. The molecule has 2 rings (SSSR count). The summed E-state index contributed by atoms with van der Waals surface area (Å²) < 4.78 is 0. The largest absolute Gasteiger partial charge is 0.478 e. The van der Waals surface area contributed by atoms with Crippen molar-refractivity contribution in [2.24, 2.45) is 0 Å². The second-order valence-electron chi connectivity index (χ2n) is 5.68. The molecule has 1 aromatic heterocycles. The Morgan fingerprint density at radius 2 is 2.00 bits per heavy atom. The Balaban J connectivity index is 2.52. The van der Waals surface area contributed by atoms with Gasteiger partial charge in [-0.25, -0.2) is 4.79 Å². The normalized spacial score (nSPS) is 11.0. The number of carboxylic acids is 1. The Morgan fingerprint density at radius 1 is 1.27 bits per heavy atom. The van der Waals surface area contributed by atoms with Crippen LogP contribution in [-0.4, -0.2) is 62.2 Å². The number of likely N-dealkylation sites (N-methyl/N-ethyl adjacent to an activating group) is 1. The van der Waals surface area contributed by atoms with Crippen LogP contribution >= 0.6 is 0 Å². The predicted octanol–water partition coefficient (Wildman–Crippen LogP) is 1.97. The summed E-state index contributed by atoms with van der Waals surface area (Å²) in [6.07, 6.45) is 1.41. The van der Waals surface area contributed by atoms with E-state index in [0.717, 1.165) is 23.1 Å². The molecule has 0 radical (unpaired) electrons. The van der Waals surface area contributed by atoms with Crippen molar-refractivity contribution in [3.05, 3.63) is 30.0 Å². The van der Waals surface area contributed by atoms with Crippen molar-refractivity contribution in [3.8, 4) is 0 Å². The standard InChI is InChI=1S/C16H22N4O2/c1-19(2)8-7-17-15-12-9-11(20(3)4)5-6-14(12)18-10-13(15)16(21)22/h5-6,9-10H,7-8H2,1-4H3,(H,17,18)(H,21,22). The van der Waals surface area contributed by atoms with Gasteiger partial charge < -0.3 is 20.2 Å². The van der Waals surface area contributed by atoms with E-state index in [1.54, 1.807) is 0 Å². The van der Waals surface area contributed by atoms with E-state index >= 15 is 0 Å². The van der Waals surface area contributed by atoms with Gasteiger partial charge in [-0.3, -0.25) is 4.98 Å². The zero-order valence-electron chi connectivity index (χ0n) is 13.4. The monoisotopic (exact) mass is 302 g/mol. The molecular weight excluding hydrogens is 280 g/mol. The lowest BCUT2D eigenvalue weighted by Crippen LogP contribution is -2.21. The number of hydrogen-bond donors (Lipinski definition) is 2. The molecule has 0 spiro atoms. The fourth-order valence-electron chi connectivity index (χ4n) is 2.22. The molecule has 0 unspecified atom stereocenters. The van der Waals surface area contributed by atoms with Crippen LogP contribution in [0.25, 0.3) is 10.9 Å². The maximum absolute atomic E-state index is 11.5. The van der Waals surface area contributed by atoms with Crippen LogP contribution in [0.4, 0.5) is 11.4 Å². The quantitative estimate of drug-likeness (QED) is 0.850. The molecule has 0 aliphatic rings. The highest BCUT2D eigenvalue weighted by atomic mass is 16.4. The van der Waals surface area contributed by atoms with Gasteiger partial charge in [0, 0.05) is 44.5 Å². The molecule has 118 valence electrons. The fourth-order valence-corrected chi connectivity index (χ4v) is 2.22. The Kier molecular flexibility index (Phi) is 4.82. The van der Waals surface area contributed by atoms with E-state index < -0.39 is 5.97 Å². The minimum atomic E-state index is -0.975. The number of carboxylic acid groups (broad SMARTS) is 1. The molecule has 6 nitrogen and oxygen atoms in total. The highest BCUT2D eigenvalue weighted by Crippen LogP contribution is 2.29. The number of nitrogens with zero attached hydrogens (tertiary/aromatic N) is 3. The number of anilines is 2. The molecule has 22 heavy (non-hydrogen) atoms. The van der Waals surface area contributed by atoms with Crippen LogP contribution in [0.2, 0.25) is 0 Å². The fraction of sp³-hybridized carbons (Fsp3) is 0.375. The van der Waals surface area contributed by atoms with E-state index in [1.165, 1.54) is 6.20 Å². The highest BCUT2D eigenvalue weighted by Gasteiger charge is 2.15. The van der Waals surface area contributed by atoms with Crippen molar-refractivity contribution in [1.29, 1.82) is 0 Å². The molecule has 0 bridgehead atoms. The zero-order valence-corrected chi connectivity index (χ0v) is 13.4. The van der Waals surface area contributed by atoms with E-state index in [-0.39, 0.29) is 5.56 Å². The van der Waals surface area contributed by atoms with Gasteiger partial charge >= 0.3 is 5.97 Å². The number of aromatic nitrogens is 1. The maximum Gasteiger partial charge on any atom is 0.339 e. The summed E-state index contributed by atoms with van der Waals surface area (Å²) in [5.74, 6) is -0.975. The summed E-state index contributed by atoms with van der Waals surface area (Å²) in [5.41, 5.74) is 2.61. The predicted molar refractivity (Wildman–Crippen MR) is 90.1 cm³/mol. The molecule has 2 N–H and O–H groups in total. The molecule has 0 saturated heterocycles. The molecule has 1 aromatic carbocycles. The summed E-state index contributed by atoms with van der Waals surface area (Å²) in [5, 5.41) is 13.5. The van der Waals surface area contributed by atoms with Crippen molar-refractivity contribution < 1.29 is 9.90 Å². The van der Waals surface area contributed by atoms with E-state index in [2.05, 4.69) is 10.3 Å². The smallest absolute Gasteiger partial charge is 0.339 e. The van der Waals surface area contributed by atoms with Crippen molar-refractivity contribution in [2.45, 2.75) is 0 Å². The van der Waals surface area contributed by atoms with Gasteiger partial charge in [0.2, 0.25) is 0 Å². The second kappa shape index (κ2) is 6.62. The first-order valence-corrected chi connectivity index (χ1v) is 7.12. The number of carbonyl (C=O) groups is 1. The zero-order chi connectivity index (χ0) is 16.3. The van der Waals surface area contributed by atoms with Gasteiger partial charge in [-0.2, -0.15) is 0 Å². The number of fused-ring (bicyclic) bond motifs is 1. The molecule has 0 aliphatic carbocycles. The molecule has 0 amide bonds. The number of pyridine rings is 1. The number of hydrogen-bond acceptors (Lipinski definition) is 5. The minimum absolute atomic E-state index is 0.196. The van der Waals surface area contributed by atoms with E-state index in [0.29, 0.717) is 12.2 Å². The van der Waals surface area contributed by atoms with Gasteiger partial charge in [-0.15, -0.1) is 0 Å². The molecule has 0 atom stereocenters. The van der Waals surface area contributed by atoms with Crippen LogP contribution in [0.15, 0.2) is 24.4 Å². The third-order valence-corrected chi connectivity index (χ3v) is 3.46. The van der Waals surface area contributed by atoms with Crippen molar-refractivity contribution >= 4 is 28.2 Å². The molecule has 6 heteroatoms. The van der Waals surface area contributed by atoms with E-state index in [9.17, 15) is 9.90 Å². The molecule has 0 aliphatic heterocycles. The van der Waals surface area contributed by atoms with Gasteiger partial charge in [-0.05, 0) is 32.3 Å². The molecule has 2 aromatic rings. The molecular formula is C16H22N4O2. The number of rotatable bonds is 6. The molecule has 1 heterocycles. The average molecular weight is 302 g/mol. The van der Waals surface area contributed by atoms with Crippen LogP contribution < -0.4 is 10.2 Å². The van der Waals surface area contributed by atoms with Crippen molar-refractivity contribution in [2.75, 3.05) is 51.5 Å². The van der Waals surface area contributed by atoms with Crippen LogP contribution in [0.5, 0.6) is 0 Å². The lowest BCUT2D eigenvalue weighted by atomic mass is 10.1. The Hall–Kier alpha value is -2.34. The lowest BCUT2D eigenvalue weighted by molar-refractivity contribution is 0.0697. The Morgan fingerprint density at radius 3 is 2.59 bits per heavy atom. The third-order valence-electron chi connectivity index (χ3n) is 3.46. The van der Waals surface area contributed by atoms with E-state index in [4.69, 9.17) is 0 Å².